The number of furan rings is 1. The highest BCUT2D eigenvalue weighted by molar-refractivity contribution is 7.98. The monoisotopic (exact) mass is 402 g/mol. The minimum atomic E-state index is -0.552. The second-order valence-electron chi connectivity index (χ2n) is 6.61. The molecule has 3 aromatic rings. The number of aromatic nitrogens is 4. The topological polar surface area (TPSA) is 109 Å². The standard InChI is InChI=1S/C18H18N4O5S/c1-21-14-12(16(23)22(2)18(21)25)15(20-13(19-14)9-4-5-9)28-8-10-6-7-11(27-10)17(24)26-3/h6-7,9H,4-5,8H2,1-3H3. The molecule has 0 atom stereocenters. The van der Waals surface area contributed by atoms with Crippen LogP contribution in [0.3, 0.4) is 0 Å². The fourth-order valence-electron chi connectivity index (χ4n) is 2.88. The molecule has 1 aliphatic rings. The summed E-state index contributed by atoms with van der Waals surface area (Å²) in [7, 11) is 4.31. The number of hydrogen-bond acceptors (Lipinski definition) is 8. The number of rotatable bonds is 5. The van der Waals surface area contributed by atoms with Crippen LogP contribution in [-0.2, 0) is 24.6 Å². The van der Waals surface area contributed by atoms with Crippen molar-refractivity contribution in [3.8, 4) is 0 Å². The average molecular weight is 402 g/mol. The zero-order valence-electron chi connectivity index (χ0n) is 15.6. The maximum Gasteiger partial charge on any atom is 0.373 e. The summed E-state index contributed by atoms with van der Waals surface area (Å²) in [5.74, 6) is 1.38. The van der Waals surface area contributed by atoms with Gasteiger partial charge in [0.15, 0.2) is 5.65 Å². The van der Waals surface area contributed by atoms with E-state index in [2.05, 4.69) is 14.7 Å². The second kappa shape index (κ2) is 6.93. The maximum absolute atomic E-state index is 12.7. The summed E-state index contributed by atoms with van der Waals surface area (Å²) in [5.41, 5.74) is -0.525. The van der Waals surface area contributed by atoms with Gasteiger partial charge in [0.25, 0.3) is 5.56 Å². The van der Waals surface area contributed by atoms with Gasteiger partial charge >= 0.3 is 11.7 Å². The minimum Gasteiger partial charge on any atom is -0.463 e. The van der Waals surface area contributed by atoms with Gasteiger partial charge in [-0.1, -0.05) is 11.8 Å². The number of fused-ring (bicyclic) bond motifs is 1. The number of nitrogens with zero attached hydrogens (tertiary/aromatic N) is 4. The second-order valence-corrected chi connectivity index (χ2v) is 7.58. The number of carbonyl (C=O) groups excluding carboxylic acids is 1. The molecule has 1 saturated carbocycles. The molecule has 0 aliphatic heterocycles. The Balaban J connectivity index is 1.77. The lowest BCUT2D eigenvalue weighted by atomic mass is 10.3. The first-order chi connectivity index (χ1) is 13.4. The molecule has 0 unspecified atom stereocenters. The molecule has 0 bridgehead atoms. The molecule has 9 nitrogen and oxygen atoms in total. The molecule has 0 spiro atoms. The Bertz CT molecular complexity index is 1210. The van der Waals surface area contributed by atoms with Crippen molar-refractivity contribution in [2.24, 2.45) is 14.1 Å². The van der Waals surface area contributed by atoms with Gasteiger partial charge in [-0.3, -0.25) is 13.9 Å². The van der Waals surface area contributed by atoms with Gasteiger partial charge in [0, 0.05) is 20.0 Å². The maximum atomic E-state index is 12.7. The Morgan fingerprint density at radius 3 is 2.68 bits per heavy atom. The lowest BCUT2D eigenvalue weighted by Crippen LogP contribution is -2.37. The lowest BCUT2D eigenvalue weighted by Gasteiger charge is -2.11. The normalized spacial score (nSPS) is 13.8. The van der Waals surface area contributed by atoms with E-state index in [1.165, 1.54) is 36.6 Å². The predicted molar refractivity (Wildman–Crippen MR) is 102 cm³/mol. The van der Waals surface area contributed by atoms with Gasteiger partial charge in [-0.15, -0.1) is 0 Å². The first-order valence-corrected chi connectivity index (χ1v) is 9.66. The van der Waals surface area contributed by atoms with Crippen LogP contribution in [-0.4, -0.2) is 32.2 Å². The number of carbonyl (C=O) groups is 1. The fraction of sp³-hybridized carbons (Fsp3) is 0.389. The van der Waals surface area contributed by atoms with Crippen LogP contribution in [0.5, 0.6) is 0 Å². The molecule has 4 rings (SSSR count). The third-order valence-electron chi connectivity index (χ3n) is 4.63. The van der Waals surface area contributed by atoms with Gasteiger partial charge in [-0.05, 0) is 25.0 Å². The van der Waals surface area contributed by atoms with Crippen molar-refractivity contribution in [3.63, 3.8) is 0 Å². The molecule has 0 amide bonds. The van der Waals surface area contributed by atoms with E-state index in [1.807, 2.05) is 0 Å². The van der Waals surface area contributed by atoms with Crippen molar-refractivity contribution in [3.05, 3.63) is 50.3 Å². The predicted octanol–water partition coefficient (Wildman–Crippen LogP) is 1.58. The van der Waals surface area contributed by atoms with E-state index in [0.717, 1.165) is 17.4 Å². The van der Waals surface area contributed by atoms with Crippen molar-refractivity contribution in [2.75, 3.05) is 7.11 Å². The van der Waals surface area contributed by atoms with E-state index in [-0.39, 0.29) is 11.7 Å². The first kappa shape index (κ1) is 18.5. The van der Waals surface area contributed by atoms with Crippen LogP contribution < -0.4 is 11.2 Å². The Morgan fingerprint density at radius 2 is 2.00 bits per heavy atom. The molecule has 10 heteroatoms. The Labute approximate surface area is 163 Å². The smallest absolute Gasteiger partial charge is 0.373 e. The highest BCUT2D eigenvalue weighted by Crippen LogP contribution is 2.39. The fourth-order valence-corrected chi connectivity index (χ4v) is 3.79. The number of aryl methyl sites for hydroxylation is 1. The van der Waals surface area contributed by atoms with Gasteiger partial charge < -0.3 is 9.15 Å². The van der Waals surface area contributed by atoms with Crippen LogP contribution >= 0.6 is 11.8 Å². The molecule has 146 valence electrons. The summed E-state index contributed by atoms with van der Waals surface area (Å²) >= 11 is 1.31. The van der Waals surface area contributed by atoms with E-state index in [9.17, 15) is 14.4 Å². The summed E-state index contributed by atoms with van der Waals surface area (Å²) in [5, 5.41) is 0.804. The summed E-state index contributed by atoms with van der Waals surface area (Å²) in [6.07, 6.45) is 1.99. The first-order valence-electron chi connectivity index (χ1n) is 8.68. The number of methoxy groups -OCH3 is 1. The third kappa shape index (κ3) is 3.13. The SMILES string of the molecule is COC(=O)c1ccc(CSc2nc(C3CC3)nc3c2c(=O)n(C)c(=O)n3C)o1. The number of ether oxygens (including phenoxy) is 1. The van der Waals surface area contributed by atoms with Crippen molar-refractivity contribution in [1.29, 1.82) is 0 Å². The molecule has 0 radical (unpaired) electrons. The van der Waals surface area contributed by atoms with Gasteiger partial charge in [-0.2, -0.15) is 0 Å². The van der Waals surface area contributed by atoms with Crippen molar-refractivity contribution < 1.29 is 13.9 Å². The van der Waals surface area contributed by atoms with Crippen LogP contribution in [0.1, 0.15) is 40.9 Å². The quantitative estimate of drug-likeness (QED) is 0.359. The van der Waals surface area contributed by atoms with Crippen LogP contribution in [0.2, 0.25) is 0 Å². The third-order valence-corrected chi connectivity index (χ3v) is 5.62. The molecule has 0 saturated heterocycles. The van der Waals surface area contributed by atoms with E-state index in [0.29, 0.717) is 33.4 Å². The van der Waals surface area contributed by atoms with Crippen molar-refractivity contribution in [2.45, 2.75) is 29.5 Å². The van der Waals surface area contributed by atoms with Crippen molar-refractivity contribution in [1.82, 2.24) is 19.1 Å². The Kier molecular flexibility index (Phi) is 4.58. The number of thioether (sulfide) groups is 1. The van der Waals surface area contributed by atoms with Gasteiger partial charge in [0.1, 0.15) is 22.0 Å². The van der Waals surface area contributed by atoms with E-state index >= 15 is 0 Å². The molecule has 3 heterocycles. The highest BCUT2D eigenvalue weighted by Gasteiger charge is 2.29. The molecule has 3 aromatic heterocycles. The van der Waals surface area contributed by atoms with Crippen LogP contribution in [0.25, 0.3) is 11.0 Å². The molecular weight excluding hydrogens is 384 g/mol. The molecule has 0 N–H and O–H groups in total. The summed E-state index contributed by atoms with van der Waals surface area (Å²) < 4.78 is 12.5. The summed E-state index contributed by atoms with van der Waals surface area (Å²) in [6, 6.07) is 3.22. The molecule has 28 heavy (non-hydrogen) atoms. The zero-order chi connectivity index (χ0) is 20.0. The number of esters is 1. The van der Waals surface area contributed by atoms with E-state index in [4.69, 9.17) is 4.42 Å². The Hall–Kier alpha value is -2.88. The highest BCUT2D eigenvalue weighted by atomic mass is 32.2. The van der Waals surface area contributed by atoms with Crippen LogP contribution in [0.4, 0.5) is 0 Å². The van der Waals surface area contributed by atoms with Crippen LogP contribution in [0.15, 0.2) is 31.2 Å². The van der Waals surface area contributed by atoms with Crippen LogP contribution in [0, 0.1) is 0 Å². The van der Waals surface area contributed by atoms with E-state index in [1.54, 1.807) is 13.1 Å². The largest absolute Gasteiger partial charge is 0.463 e. The van der Waals surface area contributed by atoms with Gasteiger partial charge in [-0.25, -0.2) is 19.6 Å². The van der Waals surface area contributed by atoms with Crippen molar-refractivity contribution >= 4 is 28.8 Å². The molecule has 1 fully saturated rings. The summed E-state index contributed by atoms with van der Waals surface area (Å²) in [4.78, 5) is 45.6. The molecule has 0 aromatic carbocycles. The molecule has 1 aliphatic carbocycles. The van der Waals surface area contributed by atoms with Gasteiger partial charge in [0.05, 0.1) is 12.9 Å². The lowest BCUT2D eigenvalue weighted by molar-refractivity contribution is 0.0563. The number of hydrogen-bond donors (Lipinski definition) is 0. The summed E-state index contributed by atoms with van der Waals surface area (Å²) in [6.45, 7) is 0. The Morgan fingerprint density at radius 1 is 1.25 bits per heavy atom. The van der Waals surface area contributed by atoms with E-state index < -0.39 is 17.2 Å². The molecular formula is C18H18N4O5S. The minimum absolute atomic E-state index is 0.114. The zero-order valence-corrected chi connectivity index (χ0v) is 16.4. The van der Waals surface area contributed by atoms with Gasteiger partial charge in [0.2, 0.25) is 5.76 Å². The average Bonchev–Trinajstić information content (AvgIpc) is 3.45.